The molecule has 0 atom stereocenters. The summed E-state index contributed by atoms with van der Waals surface area (Å²) in [4.78, 5) is 10.9. The zero-order chi connectivity index (χ0) is 11.7. The average molecular weight is 235 g/mol. The Morgan fingerprint density at radius 2 is 2.18 bits per heavy atom. The molecule has 0 aliphatic carbocycles. The molecule has 1 aromatic rings. The fourth-order valence-electron chi connectivity index (χ4n) is 2.48. The van der Waals surface area contributed by atoms with Gasteiger partial charge >= 0.3 is 0 Å². The van der Waals surface area contributed by atoms with Crippen LogP contribution in [0.15, 0.2) is 12.3 Å². The van der Waals surface area contributed by atoms with Gasteiger partial charge in [-0.2, -0.15) is 0 Å². The van der Waals surface area contributed by atoms with Gasteiger partial charge in [0, 0.05) is 24.9 Å². The van der Waals surface area contributed by atoms with Gasteiger partial charge in [0.2, 0.25) is 5.95 Å². The Labute approximate surface area is 101 Å². The first kappa shape index (κ1) is 10.9. The minimum atomic E-state index is -0.411. The zero-order valence-corrected chi connectivity index (χ0v) is 10.1. The van der Waals surface area contributed by atoms with Crippen LogP contribution in [-0.2, 0) is 9.47 Å². The number of piperidine rings is 1. The van der Waals surface area contributed by atoms with Gasteiger partial charge in [0.1, 0.15) is 0 Å². The third-order valence-corrected chi connectivity index (χ3v) is 3.30. The molecule has 2 fully saturated rings. The molecule has 0 saturated carbocycles. The van der Waals surface area contributed by atoms with Gasteiger partial charge in [-0.05, 0) is 19.4 Å². The summed E-state index contributed by atoms with van der Waals surface area (Å²) in [7, 11) is 0. The Morgan fingerprint density at radius 3 is 2.94 bits per heavy atom. The Morgan fingerprint density at radius 1 is 1.35 bits per heavy atom. The molecule has 0 bridgehead atoms. The number of nitrogens with zero attached hydrogens (tertiary/aromatic N) is 3. The van der Waals surface area contributed by atoms with Crippen molar-refractivity contribution in [2.45, 2.75) is 25.6 Å². The van der Waals surface area contributed by atoms with Crippen LogP contribution in [0.25, 0.3) is 0 Å². The largest absolute Gasteiger partial charge is 0.346 e. The van der Waals surface area contributed by atoms with Gasteiger partial charge in [0.05, 0.1) is 19.8 Å². The number of aryl methyl sites for hydroxylation is 1. The molecular weight excluding hydrogens is 218 g/mol. The predicted octanol–water partition coefficient (Wildman–Crippen LogP) is 1.13. The fraction of sp³-hybridized carbons (Fsp3) is 0.667. The third kappa shape index (κ3) is 2.12. The molecule has 0 amide bonds. The van der Waals surface area contributed by atoms with E-state index in [1.54, 1.807) is 6.20 Å². The first-order chi connectivity index (χ1) is 8.27. The molecule has 17 heavy (non-hydrogen) atoms. The molecular formula is C12H17N3O2. The van der Waals surface area contributed by atoms with Crippen molar-refractivity contribution in [1.29, 1.82) is 0 Å². The molecule has 0 N–H and O–H groups in total. The summed E-state index contributed by atoms with van der Waals surface area (Å²) in [5.74, 6) is 0.369. The molecule has 0 radical (unpaired) electrons. The maximum Gasteiger partial charge on any atom is 0.225 e. The SMILES string of the molecule is Cc1ccnc(N2CCCC3(C2)OCCO3)n1. The van der Waals surface area contributed by atoms with Crippen molar-refractivity contribution in [2.75, 3.05) is 31.2 Å². The summed E-state index contributed by atoms with van der Waals surface area (Å²) in [5, 5.41) is 0. The van der Waals surface area contributed by atoms with Gasteiger partial charge in [-0.3, -0.25) is 0 Å². The van der Waals surface area contributed by atoms with Crippen LogP contribution in [0.4, 0.5) is 5.95 Å². The van der Waals surface area contributed by atoms with E-state index in [4.69, 9.17) is 9.47 Å². The lowest BCUT2D eigenvalue weighted by atomic mass is 10.1. The van der Waals surface area contributed by atoms with Crippen molar-refractivity contribution in [2.24, 2.45) is 0 Å². The summed E-state index contributed by atoms with van der Waals surface area (Å²) in [6, 6.07) is 1.91. The molecule has 0 unspecified atom stereocenters. The highest BCUT2D eigenvalue weighted by Crippen LogP contribution is 2.31. The number of hydrogen-bond acceptors (Lipinski definition) is 5. The normalized spacial score (nSPS) is 23.2. The van der Waals surface area contributed by atoms with Crippen LogP contribution in [-0.4, -0.2) is 42.1 Å². The topological polar surface area (TPSA) is 47.5 Å². The highest BCUT2D eigenvalue weighted by Gasteiger charge is 2.41. The van der Waals surface area contributed by atoms with E-state index in [-0.39, 0.29) is 0 Å². The van der Waals surface area contributed by atoms with E-state index in [0.29, 0.717) is 13.2 Å². The molecule has 2 saturated heterocycles. The Kier molecular flexibility index (Phi) is 2.72. The predicted molar refractivity (Wildman–Crippen MR) is 62.9 cm³/mol. The number of rotatable bonds is 1. The average Bonchev–Trinajstić information content (AvgIpc) is 2.77. The second kappa shape index (κ2) is 4.23. The van der Waals surface area contributed by atoms with Crippen LogP contribution >= 0.6 is 0 Å². The number of anilines is 1. The highest BCUT2D eigenvalue weighted by atomic mass is 16.7. The van der Waals surface area contributed by atoms with Crippen molar-refractivity contribution in [1.82, 2.24) is 9.97 Å². The van der Waals surface area contributed by atoms with Crippen molar-refractivity contribution < 1.29 is 9.47 Å². The van der Waals surface area contributed by atoms with Gasteiger partial charge in [0.15, 0.2) is 5.79 Å². The summed E-state index contributed by atoms with van der Waals surface area (Å²) in [6.07, 6.45) is 3.82. The molecule has 2 aliphatic heterocycles. The Bertz CT molecular complexity index is 404. The summed E-state index contributed by atoms with van der Waals surface area (Å²) in [6.45, 7) is 5.08. The van der Waals surface area contributed by atoms with Crippen molar-refractivity contribution in [3.05, 3.63) is 18.0 Å². The minimum absolute atomic E-state index is 0.411. The van der Waals surface area contributed by atoms with E-state index in [0.717, 1.165) is 37.6 Å². The summed E-state index contributed by atoms with van der Waals surface area (Å²) >= 11 is 0. The lowest BCUT2D eigenvalue weighted by Gasteiger charge is -2.38. The highest BCUT2D eigenvalue weighted by molar-refractivity contribution is 5.31. The van der Waals surface area contributed by atoms with Gasteiger partial charge in [-0.1, -0.05) is 0 Å². The first-order valence-corrected chi connectivity index (χ1v) is 6.10. The number of hydrogen-bond donors (Lipinski definition) is 0. The lowest BCUT2D eigenvalue weighted by Crippen LogP contribution is -2.49. The number of aromatic nitrogens is 2. The van der Waals surface area contributed by atoms with Crippen molar-refractivity contribution in [3.63, 3.8) is 0 Å². The van der Waals surface area contributed by atoms with E-state index in [9.17, 15) is 0 Å². The fourth-order valence-corrected chi connectivity index (χ4v) is 2.48. The summed E-state index contributed by atoms with van der Waals surface area (Å²) in [5.41, 5.74) is 0.989. The van der Waals surface area contributed by atoms with E-state index in [2.05, 4.69) is 14.9 Å². The van der Waals surface area contributed by atoms with Crippen LogP contribution in [0, 0.1) is 6.92 Å². The minimum Gasteiger partial charge on any atom is -0.346 e. The second-order valence-corrected chi connectivity index (χ2v) is 4.63. The van der Waals surface area contributed by atoms with E-state index < -0.39 is 5.79 Å². The Balaban J connectivity index is 1.79. The van der Waals surface area contributed by atoms with Crippen molar-refractivity contribution in [3.8, 4) is 0 Å². The Hall–Kier alpha value is -1.20. The third-order valence-electron chi connectivity index (χ3n) is 3.30. The summed E-state index contributed by atoms with van der Waals surface area (Å²) < 4.78 is 11.5. The lowest BCUT2D eigenvalue weighted by molar-refractivity contribution is -0.161. The molecule has 2 aliphatic rings. The molecule has 5 heteroatoms. The maximum absolute atomic E-state index is 5.74. The molecule has 92 valence electrons. The standard InChI is InChI=1S/C12H17N3O2/c1-10-3-5-13-11(14-10)15-6-2-4-12(9-15)16-7-8-17-12/h3,5H,2,4,6-9H2,1H3. The van der Waals surface area contributed by atoms with Gasteiger partial charge < -0.3 is 14.4 Å². The molecule has 1 aromatic heterocycles. The van der Waals surface area contributed by atoms with Crippen molar-refractivity contribution >= 4 is 5.95 Å². The second-order valence-electron chi connectivity index (χ2n) is 4.63. The van der Waals surface area contributed by atoms with E-state index in [1.807, 2.05) is 13.0 Å². The molecule has 0 aromatic carbocycles. The van der Waals surface area contributed by atoms with Gasteiger partial charge in [0.25, 0.3) is 0 Å². The quantitative estimate of drug-likeness (QED) is 0.730. The van der Waals surface area contributed by atoms with Gasteiger partial charge in [-0.25, -0.2) is 9.97 Å². The monoisotopic (exact) mass is 235 g/mol. The molecule has 5 nitrogen and oxygen atoms in total. The van der Waals surface area contributed by atoms with Crippen LogP contribution in [0.2, 0.25) is 0 Å². The number of ether oxygens (including phenoxy) is 2. The van der Waals surface area contributed by atoms with Crippen LogP contribution in [0.1, 0.15) is 18.5 Å². The molecule has 3 rings (SSSR count). The zero-order valence-electron chi connectivity index (χ0n) is 10.1. The van der Waals surface area contributed by atoms with E-state index >= 15 is 0 Å². The molecule has 1 spiro atoms. The van der Waals surface area contributed by atoms with E-state index in [1.165, 1.54) is 0 Å². The maximum atomic E-state index is 5.74. The van der Waals surface area contributed by atoms with Crippen LogP contribution < -0.4 is 4.90 Å². The molecule has 3 heterocycles. The smallest absolute Gasteiger partial charge is 0.225 e. The van der Waals surface area contributed by atoms with Crippen LogP contribution in [0.5, 0.6) is 0 Å². The first-order valence-electron chi connectivity index (χ1n) is 6.10. The van der Waals surface area contributed by atoms with Crippen LogP contribution in [0.3, 0.4) is 0 Å². The van der Waals surface area contributed by atoms with Gasteiger partial charge in [-0.15, -0.1) is 0 Å².